The second kappa shape index (κ2) is 7.28. The number of nitrogens with one attached hydrogen (secondary N) is 1. The van der Waals surface area contributed by atoms with Crippen molar-refractivity contribution >= 4 is 5.97 Å². The predicted molar refractivity (Wildman–Crippen MR) is 79.0 cm³/mol. The van der Waals surface area contributed by atoms with E-state index in [1.165, 1.54) is 32.8 Å². The zero-order valence-corrected chi connectivity index (χ0v) is 13.3. The highest BCUT2D eigenvalue weighted by Crippen LogP contribution is 2.41. The number of methoxy groups -OCH3 is 1. The molecule has 3 nitrogen and oxygen atoms in total. The molecule has 0 aromatic carbocycles. The van der Waals surface area contributed by atoms with Crippen molar-refractivity contribution in [1.82, 2.24) is 5.32 Å². The third-order valence-corrected chi connectivity index (χ3v) is 4.65. The van der Waals surface area contributed by atoms with Crippen molar-refractivity contribution < 1.29 is 9.53 Å². The van der Waals surface area contributed by atoms with Gasteiger partial charge in [0.1, 0.15) is 0 Å². The Hall–Kier alpha value is -0.570. The van der Waals surface area contributed by atoms with Gasteiger partial charge in [0.05, 0.1) is 13.5 Å². The van der Waals surface area contributed by atoms with Gasteiger partial charge in [-0.15, -0.1) is 0 Å². The third kappa shape index (κ3) is 5.13. The number of hydrogen-bond acceptors (Lipinski definition) is 3. The van der Waals surface area contributed by atoms with Gasteiger partial charge < -0.3 is 10.1 Å². The van der Waals surface area contributed by atoms with E-state index >= 15 is 0 Å². The van der Waals surface area contributed by atoms with Crippen LogP contribution in [0.1, 0.15) is 59.8 Å². The summed E-state index contributed by atoms with van der Waals surface area (Å²) in [6.07, 6.45) is 5.55. The standard InChI is InChI=1S/C16H31NO2/c1-6-17-14(11-15(18)19-5)12-7-9-13(10-8-12)16(2,3)4/h12-14,17H,6-11H2,1-5H3. The van der Waals surface area contributed by atoms with Gasteiger partial charge in [-0.3, -0.25) is 4.79 Å². The van der Waals surface area contributed by atoms with Crippen LogP contribution in [0.3, 0.4) is 0 Å². The quantitative estimate of drug-likeness (QED) is 0.778. The Balaban J connectivity index is 2.52. The van der Waals surface area contributed by atoms with Gasteiger partial charge in [0.25, 0.3) is 0 Å². The molecule has 112 valence electrons. The molecule has 1 saturated carbocycles. The van der Waals surface area contributed by atoms with E-state index in [1.807, 2.05) is 0 Å². The molecule has 0 radical (unpaired) electrons. The first-order valence-electron chi connectivity index (χ1n) is 7.68. The highest BCUT2D eigenvalue weighted by Gasteiger charge is 2.33. The lowest BCUT2D eigenvalue weighted by Crippen LogP contribution is -2.41. The highest BCUT2D eigenvalue weighted by molar-refractivity contribution is 5.69. The van der Waals surface area contributed by atoms with Gasteiger partial charge >= 0.3 is 5.97 Å². The van der Waals surface area contributed by atoms with Crippen molar-refractivity contribution in [2.24, 2.45) is 17.3 Å². The Morgan fingerprint density at radius 2 is 1.84 bits per heavy atom. The first-order chi connectivity index (χ1) is 8.88. The summed E-state index contributed by atoms with van der Waals surface area (Å²) in [5.41, 5.74) is 0.418. The minimum atomic E-state index is -0.0936. The number of carbonyl (C=O) groups excluding carboxylic acids is 1. The summed E-state index contributed by atoms with van der Waals surface area (Å²) in [7, 11) is 1.47. The van der Waals surface area contributed by atoms with Crippen molar-refractivity contribution in [3.05, 3.63) is 0 Å². The fourth-order valence-electron chi connectivity index (χ4n) is 3.32. The van der Waals surface area contributed by atoms with Crippen LogP contribution < -0.4 is 5.32 Å². The van der Waals surface area contributed by atoms with Gasteiger partial charge in [-0.2, -0.15) is 0 Å². The second-order valence-electron chi connectivity index (χ2n) is 6.92. The fourth-order valence-corrected chi connectivity index (χ4v) is 3.32. The van der Waals surface area contributed by atoms with Crippen molar-refractivity contribution in [2.45, 2.75) is 65.8 Å². The Morgan fingerprint density at radius 3 is 2.26 bits per heavy atom. The van der Waals surface area contributed by atoms with Gasteiger partial charge in [0.15, 0.2) is 0 Å². The molecule has 3 heteroatoms. The molecule has 0 spiro atoms. The van der Waals surface area contributed by atoms with E-state index in [0.717, 1.165) is 12.5 Å². The predicted octanol–water partition coefficient (Wildman–Crippen LogP) is 3.38. The van der Waals surface area contributed by atoms with Crippen molar-refractivity contribution in [2.75, 3.05) is 13.7 Å². The van der Waals surface area contributed by atoms with Gasteiger partial charge in [-0.05, 0) is 49.5 Å². The van der Waals surface area contributed by atoms with E-state index in [0.29, 0.717) is 23.8 Å². The zero-order valence-electron chi connectivity index (χ0n) is 13.3. The average molecular weight is 269 g/mol. The van der Waals surface area contributed by atoms with E-state index in [2.05, 4.69) is 33.0 Å². The number of ether oxygens (including phenoxy) is 1. The number of hydrogen-bond donors (Lipinski definition) is 1. The first kappa shape index (κ1) is 16.5. The maximum atomic E-state index is 11.5. The topological polar surface area (TPSA) is 38.3 Å². The lowest BCUT2D eigenvalue weighted by molar-refractivity contribution is -0.141. The molecule has 1 N–H and O–H groups in total. The molecule has 0 aromatic rings. The molecule has 0 bridgehead atoms. The summed E-state index contributed by atoms with van der Waals surface area (Å²) in [5.74, 6) is 1.35. The maximum absolute atomic E-state index is 11.5. The minimum absolute atomic E-state index is 0.0936. The number of rotatable bonds is 5. The molecule has 0 saturated heterocycles. The molecule has 19 heavy (non-hydrogen) atoms. The molecule has 0 aromatic heterocycles. The summed E-state index contributed by atoms with van der Waals surface area (Å²) in [5, 5.41) is 3.47. The Morgan fingerprint density at radius 1 is 1.26 bits per heavy atom. The van der Waals surface area contributed by atoms with E-state index in [1.54, 1.807) is 0 Å². The van der Waals surface area contributed by atoms with E-state index in [-0.39, 0.29) is 5.97 Å². The number of carbonyl (C=O) groups is 1. The summed E-state index contributed by atoms with van der Waals surface area (Å²) in [6.45, 7) is 10.0. The van der Waals surface area contributed by atoms with Crippen LogP contribution in [-0.2, 0) is 9.53 Å². The summed E-state index contributed by atoms with van der Waals surface area (Å²) in [4.78, 5) is 11.5. The molecule has 1 unspecified atom stereocenters. The fraction of sp³-hybridized carbons (Fsp3) is 0.938. The van der Waals surface area contributed by atoms with Crippen LogP contribution in [0.5, 0.6) is 0 Å². The molecule has 1 aliphatic rings. The summed E-state index contributed by atoms with van der Waals surface area (Å²) in [6, 6.07) is 0.290. The molecule has 0 heterocycles. The van der Waals surface area contributed by atoms with Crippen LogP contribution in [0, 0.1) is 17.3 Å². The molecule has 0 aliphatic heterocycles. The largest absolute Gasteiger partial charge is 0.469 e. The van der Waals surface area contributed by atoms with Crippen LogP contribution in [0.4, 0.5) is 0 Å². The second-order valence-corrected chi connectivity index (χ2v) is 6.92. The van der Waals surface area contributed by atoms with Gasteiger partial charge in [-0.1, -0.05) is 27.7 Å². The smallest absolute Gasteiger partial charge is 0.307 e. The minimum Gasteiger partial charge on any atom is -0.469 e. The number of esters is 1. The molecule has 0 amide bonds. The van der Waals surface area contributed by atoms with E-state index < -0.39 is 0 Å². The SMILES string of the molecule is CCNC(CC(=O)OC)C1CCC(C(C)(C)C)CC1. The van der Waals surface area contributed by atoms with Crippen molar-refractivity contribution in [3.8, 4) is 0 Å². The normalized spacial score (nSPS) is 25.9. The van der Waals surface area contributed by atoms with Crippen molar-refractivity contribution in [3.63, 3.8) is 0 Å². The first-order valence-corrected chi connectivity index (χ1v) is 7.68. The lowest BCUT2D eigenvalue weighted by Gasteiger charge is -2.39. The van der Waals surface area contributed by atoms with E-state index in [4.69, 9.17) is 4.74 Å². The van der Waals surface area contributed by atoms with Crippen LogP contribution in [0.2, 0.25) is 0 Å². The third-order valence-electron chi connectivity index (χ3n) is 4.65. The van der Waals surface area contributed by atoms with Crippen LogP contribution in [-0.4, -0.2) is 25.7 Å². The van der Waals surface area contributed by atoms with Gasteiger partial charge in [0, 0.05) is 6.04 Å². The lowest BCUT2D eigenvalue weighted by atomic mass is 9.68. The molecule has 1 aliphatic carbocycles. The molecule has 1 fully saturated rings. The Labute approximate surface area is 118 Å². The van der Waals surface area contributed by atoms with Gasteiger partial charge in [-0.25, -0.2) is 0 Å². The Kier molecular flexibility index (Phi) is 6.31. The maximum Gasteiger partial charge on any atom is 0.307 e. The van der Waals surface area contributed by atoms with Gasteiger partial charge in [0.2, 0.25) is 0 Å². The highest BCUT2D eigenvalue weighted by atomic mass is 16.5. The molecule has 1 atom stereocenters. The zero-order chi connectivity index (χ0) is 14.5. The molecular weight excluding hydrogens is 238 g/mol. The Bertz CT molecular complexity index is 275. The average Bonchev–Trinajstić information content (AvgIpc) is 2.37. The molecular formula is C16H31NO2. The van der Waals surface area contributed by atoms with Crippen LogP contribution in [0.15, 0.2) is 0 Å². The van der Waals surface area contributed by atoms with Crippen molar-refractivity contribution in [1.29, 1.82) is 0 Å². The van der Waals surface area contributed by atoms with E-state index in [9.17, 15) is 4.79 Å². The summed E-state index contributed by atoms with van der Waals surface area (Å²) >= 11 is 0. The van der Waals surface area contributed by atoms with Crippen LogP contribution >= 0.6 is 0 Å². The van der Waals surface area contributed by atoms with Crippen LogP contribution in [0.25, 0.3) is 0 Å². The summed E-state index contributed by atoms with van der Waals surface area (Å²) < 4.78 is 4.81. The monoisotopic (exact) mass is 269 g/mol. The molecule has 1 rings (SSSR count).